The van der Waals surface area contributed by atoms with Crippen molar-refractivity contribution >= 4 is 23.6 Å². The molecular formula is C8H13O2S. The first-order chi connectivity index (χ1) is 5.07. The molecule has 0 aromatic rings. The van der Waals surface area contributed by atoms with Crippen molar-refractivity contribution in [3.8, 4) is 0 Å². The van der Waals surface area contributed by atoms with Crippen LogP contribution in [0.25, 0.3) is 0 Å². The Morgan fingerprint density at radius 1 is 1.55 bits per heavy atom. The second kappa shape index (κ2) is 5.24. The first-order valence-electron chi connectivity index (χ1n) is 3.62. The minimum absolute atomic E-state index is 0.284. The molecule has 0 N–H and O–H groups in total. The van der Waals surface area contributed by atoms with E-state index in [1.54, 1.807) is 6.92 Å². The van der Waals surface area contributed by atoms with Gasteiger partial charge in [0.05, 0.1) is 12.5 Å². The predicted molar refractivity (Wildman–Crippen MR) is 47.6 cm³/mol. The predicted octanol–water partition coefficient (Wildman–Crippen LogP) is 1.70. The zero-order valence-electron chi connectivity index (χ0n) is 7.09. The van der Waals surface area contributed by atoms with Crippen molar-refractivity contribution in [3.63, 3.8) is 0 Å². The van der Waals surface area contributed by atoms with Crippen LogP contribution in [0, 0.1) is 11.8 Å². The molecule has 1 unspecified atom stereocenters. The van der Waals surface area contributed by atoms with Crippen LogP contribution in [0.3, 0.4) is 0 Å². The van der Waals surface area contributed by atoms with Gasteiger partial charge in [0.15, 0.2) is 0 Å². The number of esters is 1. The third-order valence-corrected chi connectivity index (χ3v) is 1.44. The molecular weight excluding hydrogens is 160 g/mol. The molecule has 1 atom stereocenters. The molecule has 0 saturated carbocycles. The lowest BCUT2D eigenvalue weighted by Gasteiger charge is -2.08. The average molecular weight is 173 g/mol. The van der Waals surface area contributed by atoms with Crippen LogP contribution in [0.5, 0.6) is 0 Å². The minimum Gasteiger partial charge on any atom is -0.465 e. The van der Waals surface area contributed by atoms with Gasteiger partial charge in [-0.2, -0.15) is 0 Å². The fourth-order valence-electron chi connectivity index (χ4n) is 0.422. The van der Waals surface area contributed by atoms with E-state index in [2.05, 4.69) is 17.6 Å². The van der Waals surface area contributed by atoms with Crippen LogP contribution in [0.2, 0.25) is 0 Å². The molecule has 0 saturated heterocycles. The van der Waals surface area contributed by atoms with Crippen molar-refractivity contribution < 1.29 is 9.53 Å². The molecule has 2 nitrogen and oxygen atoms in total. The molecule has 3 heteroatoms. The molecule has 0 aliphatic carbocycles. The van der Waals surface area contributed by atoms with E-state index >= 15 is 0 Å². The second-order valence-corrected chi connectivity index (χ2v) is 3.10. The number of hydrogen-bond acceptors (Lipinski definition) is 3. The molecule has 0 fully saturated rings. The lowest BCUT2D eigenvalue weighted by Crippen LogP contribution is -2.17. The summed E-state index contributed by atoms with van der Waals surface area (Å²) < 4.78 is 4.89. The van der Waals surface area contributed by atoms with E-state index in [0.29, 0.717) is 12.5 Å². The van der Waals surface area contributed by atoms with Crippen LogP contribution < -0.4 is 0 Å². The van der Waals surface area contributed by atoms with Crippen molar-refractivity contribution in [1.82, 2.24) is 0 Å². The maximum atomic E-state index is 10.9. The van der Waals surface area contributed by atoms with E-state index in [4.69, 9.17) is 4.74 Å². The zero-order chi connectivity index (χ0) is 8.85. The summed E-state index contributed by atoms with van der Waals surface area (Å²) in [7, 11) is 0. The molecule has 0 aromatic carbocycles. The van der Waals surface area contributed by atoms with Gasteiger partial charge < -0.3 is 4.74 Å². The Hall–Kier alpha value is -0.440. The Kier molecular flexibility index (Phi) is 5.03. The number of carbonyl (C=O) groups excluding carboxylic acids is 1. The zero-order valence-corrected chi connectivity index (χ0v) is 7.90. The van der Waals surface area contributed by atoms with Crippen molar-refractivity contribution in [2.24, 2.45) is 11.8 Å². The molecule has 63 valence electrons. The van der Waals surface area contributed by atoms with E-state index < -0.39 is 0 Å². The molecule has 0 aliphatic heterocycles. The van der Waals surface area contributed by atoms with Gasteiger partial charge in [0.2, 0.25) is 0 Å². The highest BCUT2D eigenvalue weighted by Gasteiger charge is 2.11. The van der Waals surface area contributed by atoms with Crippen LogP contribution in [0.15, 0.2) is 0 Å². The summed E-state index contributed by atoms with van der Waals surface area (Å²) in [5, 5.41) is 2.40. The Bertz CT molecular complexity index is 143. The monoisotopic (exact) mass is 173 g/mol. The van der Waals surface area contributed by atoms with Crippen LogP contribution in [-0.2, 0) is 9.53 Å². The summed E-state index contributed by atoms with van der Waals surface area (Å²) in [5.41, 5.74) is 0. The lowest BCUT2D eigenvalue weighted by molar-refractivity contribution is -0.146. The maximum Gasteiger partial charge on any atom is 0.314 e. The molecule has 0 aromatic heterocycles. The summed E-state index contributed by atoms with van der Waals surface area (Å²) in [6, 6.07) is 0. The van der Waals surface area contributed by atoms with Gasteiger partial charge in [-0.15, -0.1) is 0 Å². The number of ether oxygens (including phenoxy) is 1. The SMILES string of the molecule is CC(C)COC(=O)C(C)[C]=S. The summed E-state index contributed by atoms with van der Waals surface area (Å²) in [6.07, 6.45) is 0. The van der Waals surface area contributed by atoms with Crippen molar-refractivity contribution in [1.29, 1.82) is 0 Å². The normalized spacial score (nSPS) is 12.7. The van der Waals surface area contributed by atoms with Gasteiger partial charge in [0, 0.05) is 5.37 Å². The number of carbonyl (C=O) groups is 1. The van der Waals surface area contributed by atoms with Gasteiger partial charge in [0.1, 0.15) is 0 Å². The molecule has 0 heterocycles. The molecule has 1 radical (unpaired) electrons. The van der Waals surface area contributed by atoms with Gasteiger partial charge >= 0.3 is 5.97 Å². The second-order valence-electron chi connectivity index (χ2n) is 2.86. The van der Waals surface area contributed by atoms with E-state index in [1.807, 2.05) is 13.8 Å². The van der Waals surface area contributed by atoms with Gasteiger partial charge in [-0.1, -0.05) is 26.1 Å². The smallest absolute Gasteiger partial charge is 0.314 e. The Morgan fingerprint density at radius 3 is 2.45 bits per heavy atom. The Balaban J connectivity index is 3.60. The Labute approximate surface area is 72.9 Å². The van der Waals surface area contributed by atoms with Crippen molar-refractivity contribution in [3.05, 3.63) is 0 Å². The summed E-state index contributed by atoms with van der Waals surface area (Å²) >= 11 is 4.48. The number of rotatable bonds is 4. The largest absolute Gasteiger partial charge is 0.465 e. The first-order valence-corrected chi connectivity index (χ1v) is 4.03. The number of thiocarbonyl (C=S) groups is 1. The van der Waals surface area contributed by atoms with Gasteiger partial charge in [-0.25, -0.2) is 0 Å². The third-order valence-electron chi connectivity index (χ3n) is 1.09. The van der Waals surface area contributed by atoms with Gasteiger partial charge in [0.25, 0.3) is 0 Å². The summed E-state index contributed by atoms with van der Waals surface area (Å²) in [6.45, 7) is 6.11. The summed E-state index contributed by atoms with van der Waals surface area (Å²) in [5.74, 6) is -0.297. The Morgan fingerprint density at radius 2 is 2.09 bits per heavy atom. The highest BCUT2D eigenvalue weighted by Crippen LogP contribution is 1.98. The molecule has 0 bridgehead atoms. The maximum absolute atomic E-state index is 10.9. The fraction of sp³-hybridized carbons (Fsp3) is 0.750. The summed E-state index contributed by atoms with van der Waals surface area (Å²) in [4.78, 5) is 10.9. The number of hydrogen-bond donors (Lipinski definition) is 0. The molecule has 11 heavy (non-hydrogen) atoms. The lowest BCUT2D eigenvalue weighted by atomic mass is 10.2. The van der Waals surface area contributed by atoms with E-state index in [-0.39, 0.29) is 11.9 Å². The van der Waals surface area contributed by atoms with Crippen molar-refractivity contribution in [2.75, 3.05) is 6.61 Å². The van der Waals surface area contributed by atoms with Crippen LogP contribution in [0.4, 0.5) is 0 Å². The molecule has 0 aliphatic rings. The minimum atomic E-state index is -0.385. The third kappa shape index (κ3) is 4.90. The van der Waals surface area contributed by atoms with Crippen LogP contribution in [-0.4, -0.2) is 17.9 Å². The van der Waals surface area contributed by atoms with Gasteiger partial charge in [-0.05, 0) is 12.8 Å². The van der Waals surface area contributed by atoms with E-state index in [0.717, 1.165) is 0 Å². The van der Waals surface area contributed by atoms with E-state index in [1.165, 1.54) is 0 Å². The highest BCUT2D eigenvalue weighted by atomic mass is 32.1. The average Bonchev–Trinajstić information content (AvgIpc) is 1.98. The van der Waals surface area contributed by atoms with E-state index in [9.17, 15) is 4.79 Å². The van der Waals surface area contributed by atoms with Gasteiger partial charge in [-0.3, -0.25) is 4.79 Å². The fourth-order valence-corrected chi connectivity index (χ4v) is 0.518. The van der Waals surface area contributed by atoms with Crippen molar-refractivity contribution in [2.45, 2.75) is 20.8 Å². The van der Waals surface area contributed by atoms with Crippen LogP contribution >= 0.6 is 12.2 Å². The molecule has 0 rings (SSSR count). The highest BCUT2D eigenvalue weighted by molar-refractivity contribution is 7.79. The van der Waals surface area contributed by atoms with Crippen LogP contribution in [0.1, 0.15) is 20.8 Å². The molecule has 0 amide bonds. The topological polar surface area (TPSA) is 26.3 Å². The quantitative estimate of drug-likeness (QED) is 0.478. The standard InChI is InChI=1S/C8H13O2S/c1-6(2)4-10-8(9)7(3)5-11/h6-7H,4H2,1-3H3. The first kappa shape index (κ1) is 10.6. The molecule has 0 spiro atoms.